The Bertz CT molecular complexity index is 1110. The lowest BCUT2D eigenvalue weighted by atomic mass is 9.46. The predicted molar refractivity (Wildman–Crippen MR) is 179 cm³/mol. The first-order chi connectivity index (χ1) is 21.8. The Morgan fingerprint density at radius 2 is 1.74 bits per heavy atom. The van der Waals surface area contributed by atoms with Crippen molar-refractivity contribution in [3.8, 4) is 0 Å². The second-order valence-electron chi connectivity index (χ2n) is 18.4. The summed E-state index contributed by atoms with van der Waals surface area (Å²) < 4.78 is 31.8. The monoisotopic (exact) mass is 645 g/mol. The fourth-order valence-electron chi connectivity index (χ4n) is 14.1. The molecule has 0 aromatic rings. The van der Waals surface area contributed by atoms with E-state index in [9.17, 15) is 5.11 Å². The fourth-order valence-corrected chi connectivity index (χ4v) is 14.1. The highest BCUT2D eigenvalue weighted by molar-refractivity contribution is 5.32. The molecule has 264 valence electrons. The number of methoxy groups -OCH3 is 1. The number of ether oxygens (including phenoxy) is 5. The molecule has 14 unspecified atom stereocenters. The first-order valence-corrected chi connectivity index (χ1v) is 19.2. The van der Waals surface area contributed by atoms with Gasteiger partial charge < -0.3 is 28.8 Å². The van der Waals surface area contributed by atoms with Crippen LogP contribution in [0.15, 0.2) is 0 Å². The molecule has 7 heteroatoms. The molecule has 7 fully saturated rings. The van der Waals surface area contributed by atoms with Crippen molar-refractivity contribution in [3.63, 3.8) is 0 Å². The lowest BCUT2D eigenvalue weighted by molar-refractivity contribution is -0.248. The van der Waals surface area contributed by atoms with Crippen molar-refractivity contribution in [3.05, 3.63) is 0 Å². The molecular weight excluding hydrogens is 578 g/mol. The van der Waals surface area contributed by atoms with Crippen LogP contribution in [0.3, 0.4) is 0 Å². The fraction of sp³-hybridized carbons (Fsp3) is 1.00. The molecule has 1 N–H and O–H groups in total. The first-order valence-electron chi connectivity index (χ1n) is 19.2. The minimum Gasteiger partial charge on any atom is -0.388 e. The molecule has 5 saturated carbocycles. The van der Waals surface area contributed by atoms with E-state index in [0.717, 1.165) is 56.9 Å². The van der Waals surface area contributed by atoms with E-state index in [1.807, 2.05) is 20.8 Å². The molecule has 0 amide bonds. The predicted octanol–water partition coefficient (Wildman–Crippen LogP) is 6.69. The van der Waals surface area contributed by atoms with Gasteiger partial charge in [0.1, 0.15) is 6.10 Å². The SMILES string of the molecule is CCOC(C1CCC2C(CC3C4CCC5C(C)(C)C(OC6CN(C(C)COC)CCO6)CCC56C(C)C46CCC23C)O1)C(C)(C)O. The minimum absolute atomic E-state index is 0.0136. The number of hydrogen-bond donors (Lipinski definition) is 1. The van der Waals surface area contributed by atoms with Crippen LogP contribution in [0.2, 0.25) is 0 Å². The summed E-state index contributed by atoms with van der Waals surface area (Å²) in [6.07, 6.45) is 11.5. The summed E-state index contributed by atoms with van der Waals surface area (Å²) in [6, 6.07) is 0.380. The maximum absolute atomic E-state index is 11.0. The molecule has 2 spiro atoms. The van der Waals surface area contributed by atoms with Gasteiger partial charge in [0.15, 0.2) is 6.29 Å². The van der Waals surface area contributed by atoms with Gasteiger partial charge in [0, 0.05) is 32.8 Å². The zero-order valence-electron chi connectivity index (χ0n) is 30.7. The zero-order chi connectivity index (χ0) is 32.9. The maximum atomic E-state index is 11.0. The number of aliphatic hydroxyl groups is 1. The third-order valence-corrected chi connectivity index (χ3v) is 16.0. The molecule has 7 nitrogen and oxygen atoms in total. The Balaban J connectivity index is 1.07. The Kier molecular flexibility index (Phi) is 8.85. The van der Waals surface area contributed by atoms with E-state index >= 15 is 0 Å². The van der Waals surface area contributed by atoms with E-state index in [-0.39, 0.29) is 30.0 Å². The molecule has 2 saturated heterocycles. The molecule has 2 heterocycles. The number of hydrogen-bond acceptors (Lipinski definition) is 7. The lowest BCUT2D eigenvalue weighted by Gasteiger charge is -2.60. The van der Waals surface area contributed by atoms with Crippen LogP contribution in [0, 0.1) is 51.2 Å². The van der Waals surface area contributed by atoms with Gasteiger partial charge in [-0.2, -0.15) is 0 Å². The molecule has 0 bridgehead atoms. The van der Waals surface area contributed by atoms with Gasteiger partial charge in [0.05, 0.1) is 37.1 Å². The highest BCUT2D eigenvalue weighted by Gasteiger charge is 2.84. The first kappa shape index (κ1) is 34.2. The van der Waals surface area contributed by atoms with Crippen LogP contribution >= 0.6 is 0 Å². The summed E-state index contributed by atoms with van der Waals surface area (Å²) in [6.45, 7) is 22.3. The van der Waals surface area contributed by atoms with Crippen LogP contribution < -0.4 is 0 Å². The third kappa shape index (κ3) is 4.89. The van der Waals surface area contributed by atoms with Crippen molar-refractivity contribution < 1.29 is 28.8 Å². The zero-order valence-corrected chi connectivity index (χ0v) is 30.7. The van der Waals surface area contributed by atoms with Crippen LogP contribution in [-0.4, -0.2) is 92.4 Å². The molecule has 14 atom stereocenters. The van der Waals surface area contributed by atoms with E-state index in [1.54, 1.807) is 7.11 Å². The molecule has 46 heavy (non-hydrogen) atoms. The number of rotatable bonds is 9. The van der Waals surface area contributed by atoms with Gasteiger partial charge in [-0.25, -0.2) is 0 Å². The number of fused-ring (bicyclic) bond motifs is 4. The Morgan fingerprint density at radius 1 is 0.978 bits per heavy atom. The van der Waals surface area contributed by atoms with Crippen molar-refractivity contribution >= 4 is 0 Å². The lowest BCUT2D eigenvalue weighted by Crippen LogP contribution is -2.56. The second-order valence-corrected chi connectivity index (χ2v) is 18.4. The van der Waals surface area contributed by atoms with E-state index in [2.05, 4.69) is 39.5 Å². The molecule has 5 aliphatic carbocycles. The summed E-state index contributed by atoms with van der Waals surface area (Å²) in [7, 11) is 1.79. The molecule has 2 aliphatic heterocycles. The molecule has 7 aliphatic rings. The largest absolute Gasteiger partial charge is 0.388 e. The van der Waals surface area contributed by atoms with Crippen molar-refractivity contribution in [1.82, 2.24) is 4.90 Å². The van der Waals surface area contributed by atoms with Gasteiger partial charge in [0.2, 0.25) is 0 Å². The summed E-state index contributed by atoms with van der Waals surface area (Å²) in [5.74, 6) is 3.71. The standard InChI is InChI=1S/C39H67NO6/c1-10-43-34(36(6,7)41)29-13-11-27-30(45-29)21-28-26-12-14-31-35(4,5)32(46-33-22-40(19-20-44-33)24(2)23-42-9)15-16-39(31)25(3)38(26,39)18-17-37(27,28)8/h24-34,41H,10-23H2,1-9H3. The van der Waals surface area contributed by atoms with E-state index < -0.39 is 5.60 Å². The molecule has 0 aromatic carbocycles. The summed E-state index contributed by atoms with van der Waals surface area (Å²) in [5, 5.41) is 11.0. The number of morpholine rings is 1. The Labute approximate surface area is 280 Å². The van der Waals surface area contributed by atoms with E-state index in [1.165, 1.54) is 44.9 Å². The van der Waals surface area contributed by atoms with Crippen LogP contribution in [0.4, 0.5) is 0 Å². The van der Waals surface area contributed by atoms with Crippen LogP contribution in [0.1, 0.15) is 113 Å². The smallest absolute Gasteiger partial charge is 0.170 e. The van der Waals surface area contributed by atoms with Gasteiger partial charge in [-0.3, -0.25) is 4.90 Å². The molecule has 0 aromatic heterocycles. The Morgan fingerprint density at radius 3 is 2.46 bits per heavy atom. The van der Waals surface area contributed by atoms with Gasteiger partial charge in [0.25, 0.3) is 0 Å². The summed E-state index contributed by atoms with van der Waals surface area (Å²) in [5.41, 5.74) is 0.561. The van der Waals surface area contributed by atoms with E-state index in [0.29, 0.717) is 46.8 Å². The van der Waals surface area contributed by atoms with Gasteiger partial charge in [-0.05, 0) is 137 Å². The van der Waals surface area contributed by atoms with Gasteiger partial charge >= 0.3 is 0 Å². The van der Waals surface area contributed by atoms with E-state index in [4.69, 9.17) is 23.7 Å². The van der Waals surface area contributed by atoms with Crippen molar-refractivity contribution in [1.29, 1.82) is 0 Å². The van der Waals surface area contributed by atoms with Gasteiger partial charge in [-0.15, -0.1) is 0 Å². The second kappa shape index (κ2) is 11.9. The number of nitrogens with zero attached hydrogens (tertiary/aromatic N) is 1. The molecular formula is C39H67NO6. The average molecular weight is 646 g/mol. The Hall–Kier alpha value is -0.280. The van der Waals surface area contributed by atoms with Crippen LogP contribution in [0.5, 0.6) is 0 Å². The van der Waals surface area contributed by atoms with Crippen molar-refractivity contribution in [2.45, 2.75) is 156 Å². The summed E-state index contributed by atoms with van der Waals surface area (Å²) in [4.78, 5) is 2.48. The quantitative estimate of drug-likeness (QED) is 0.300. The van der Waals surface area contributed by atoms with Crippen molar-refractivity contribution in [2.75, 3.05) is 40.0 Å². The summed E-state index contributed by atoms with van der Waals surface area (Å²) >= 11 is 0. The average Bonchev–Trinajstić information content (AvgIpc) is 3.38. The normalized spacial score (nSPS) is 49.6. The van der Waals surface area contributed by atoms with Crippen LogP contribution in [-0.2, 0) is 23.7 Å². The molecule has 7 rings (SSSR count). The highest BCUT2D eigenvalue weighted by Crippen LogP contribution is 2.89. The maximum Gasteiger partial charge on any atom is 0.170 e. The topological polar surface area (TPSA) is 69.6 Å². The minimum atomic E-state index is -0.901. The van der Waals surface area contributed by atoms with Crippen molar-refractivity contribution in [2.24, 2.45) is 51.2 Å². The highest BCUT2D eigenvalue weighted by atomic mass is 16.7. The van der Waals surface area contributed by atoms with Crippen LogP contribution in [0.25, 0.3) is 0 Å². The van der Waals surface area contributed by atoms with Gasteiger partial charge in [-0.1, -0.05) is 27.7 Å². The molecule has 0 radical (unpaired) electrons. The third-order valence-electron chi connectivity index (χ3n) is 16.0.